The number of carbonyl (C=O) groups excluding carboxylic acids is 1. The Labute approximate surface area is 165 Å². The van der Waals surface area contributed by atoms with Crippen molar-refractivity contribution < 1.29 is 18.1 Å². The zero-order valence-corrected chi connectivity index (χ0v) is 15.7. The number of aromatic nitrogens is 1. The molecule has 0 aliphatic carbocycles. The van der Waals surface area contributed by atoms with E-state index in [0.717, 1.165) is 6.07 Å². The molecule has 1 heterocycles. The molecule has 1 amide bonds. The highest BCUT2D eigenvalue weighted by molar-refractivity contribution is 6.13. The largest absolute Gasteiger partial charge is 0.398 e. The number of hydrogen-bond acceptors (Lipinski definition) is 5. The minimum absolute atomic E-state index is 0.000312. The van der Waals surface area contributed by atoms with Crippen molar-refractivity contribution in [3.05, 3.63) is 82.3 Å². The van der Waals surface area contributed by atoms with Gasteiger partial charge < -0.3 is 21.0 Å². The van der Waals surface area contributed by atoms with Crippen molar-refractivity contribution in [3.8, 4) is 0 Å². The number of benzene rings is 2. The second-order valence-corrected chi connectivity index (χ2v) is 6.37. The van der Waals surface area contributed by atoms with Gasteiger partial charge in [0, 0.05) is 11.3 Å². The summed E-state index contributed by atoms with van der Waals surface area (Å²) in [6.07, 6.45) is 3.06. The Bertz CT molecular complexity index is 1100. The van der Waals surface area contributed by atoms with E-state index in [1.807, 2.05) is 0 Å². The van der Waals surface area contributed by atoms with Crippen molar-refractivity contribution >= 4 is 29.1 Å². The van der Waals surface area contributed by atoms with Crippen LogP contribution in [0.4, 0.5) is 20.2 Å². The number of carbonyl (C=O) groups is 1. The van der Waals surface area contributed by atoms with Gasteiger partial charge in [-0.25, -0.2) is 8.78 Å². The van der Waals surface area contributed by atoms with Crippen molar-refractivity contribution in [2.24, 2.45) is 0 Å². The number of allylic oxidation sites excluding steroid dienone is 1. The lowest BCUT2D eigenvalue weighted by atomic mass is 10.0. The van der Waals surface area contributed by atoms with Crippen LogP contribution < -0.4 is 11.1 Å². The molecule has 29 heavy (non-hydrogen) atoms. The maximum atomic E-state index is 14.3. The molecule has 3 rings (SSSR count). The van der Waals surface area contributed by atoms with Crippen molar-refractivity contribution in [2.45, 2.75) is 13.8 Å². The summed E-state index contributed by atoms with van der Waals surface area (Å²) in [7, 11) is 0. The standard InChI is InChI=1S/C21H18F2N4O2/c1-11-20(12(2)29-27-11)21(28)26-19-9-15(18(25)10-16(19)23)17(24)8-5-13-3-6-14(22)7-4-13/h3-10,24H,25H2,1-2H3,(H,26,28)/b8-5+,24-17?. The van der Waals surface area contributed by atoms with E-state index in [9.17, 15) is 13.6 Å². The SMILES string of the molecule is Cc1noc(C)c1C(=O)Nc1cc(C(=N)/C=C/c2ccc(F)cc2)c(N)cc1F. The summed E-state index contributed by atoms with van der Waals surface area (Å²) in [5.74, 6) is -1.37. The van der Waals surface area contributed by atoms with Gasteiger partial charge in [-0.2, -0.15) is 0 Å². The zero-order valence-electron chi connectivity index (χ0n) is 15.7. The van der Waals surface area contributed by atoms with E-state index in [0.29, 0.717) is 17.0 Å². The number of nitrogens with one attached hydrogen (secondary N) is 2. The van der Waals surface area contributed by atoms with Gasteiger partial charge >= 0.3 is 0 Å². The van der Waals surface area contributed by atoms with Gasteiger partial charge in [0.15, 0.2) is 0 Å². The highest BCUT2D eigenvalue weighted by Gasteiger charge is 2.20. The van der Waals surface area contributed by atoms with Gasteiger partial charge in [-0.1, -0.05) is 23.4 Å². The molecule has 6 nitrogen and oxygen atoms in total. The highest BCUT2D eigenvalue weighted by Crippen LogP contribution is 2.25. The number of nitrogen functional groups attached to an aromatic ring is 1. The van der Waals surface area contributed by atoms with Crippen LogP contribution in [-0.2, 0) is 0 Å². The molecule has 2 aromatic carbocycles. The van der Waals surface area contributed by atoms with Crippen molar-refractivity contribution in [1.82, 2.24) is 5.16 Å². The highest BCUT2D eigenvalue weighted by atomic mass is 19.1. The molecule has 4 N–H and O–H groups in total. The van der Waals surface area contributed by atoms with Gasteiger partial charge in [0.25, 0.3) is 5.91 Å². The van der Waals surface area contributed by atoms with Gasteiger partial charge in [-0.05, 0) is 49.8 Å². The van der Waals surface area contributed by atoms with Gasteiger partial charge in [0.1, 0.15) is 23.0 Å². The molecular weight excluding hydrogens is 378 g/mol. The predicted octanol–water partition coefficient (Wildman–Crippen LogP) is 4.49. The fraction of sp³-hybridized carbons (Fsp3) is 0.0952. The van der Waals surface area contributed by atoms with Crippen molar-refractivity contribution in [3.63, 3.8) is 0 Å². The molecule has 0 saturated carbocycles. The van der Waals surface area contributed by atoms with Gasteiger partial charge in [-0.3, -0.25) is 4.79 Å². The lowest BCUT2D eigenvalue weighted by Gasteiger charge is -2.11. The molecule has 148 valence electrons. The third-order valence-electron chi connectivity index (χ3n) is 4.25. The molecule has 0 radical (unpaired) electrons. The first-order valence-corrected chi connectivity index (χ1v) is 8.62. The topological polar surface area (TPSA) is 105 Å². The Balaban J connectivity index is 1.86. The van der Waals surface area contributed by atoms with Crippen molar-refractivity contribution in [1.29, 1.82) is 5.41 Å². The van der Waals surface area contributed by atoms with Crippen LogP contribution in [0.15, 0.2) is 47.0 Å². The summed E-state index contributed by atoms with van der Waals surface area (Å²) < 4.78 is 32.3. The Kier molecular flexibility index (Phi) is 5.54. The first-order valence-electron chi connectivity index (χ1n) is 8.62. The third kappa shape index (κ3) is 4.37. The first kappa shape index (κ1) is 19.9. The van der Waals surface area contributed by atoms with Crippen molar-refractivity contribution in [2.75, 3.05) is 11.1 Å². The van der Waals surface area contributed by atoms with E-state index in [1.54, 1.807) is 32.1 Å². The minimum atomic E-state index is -0.735. The van der Waals surface area contributed by atoms with E-state index in [1.165, 1.54) is 24.3 Å². The number of nitrogens with two attached hydrogens (primary N) is 1. The Morgan fingerprint density at radius 2 is 1.90 bits per heavy atom. The third-order valence-corrected chi connectivity index (χ3v) is 4.25. The summed E-state index contributed by atoms with van der Waals surface area (Å²) >= 11 is 0. The van der Waals surface area contributed by atoms with E-state index in [-0.39, 0.29) is 34.0 Å². The smallest absolute Gasteiger partial charge is 0.261 e. The molecule has 0 aliphatic heterocycles. The summed E-state index contributed by atoms with van der Waals surface area (Å²) in [6.45, 7) is 3.18. The molecule has 0 saturated heterocycles. The average molecular weight is 396 g/mol. The van der Waals surface area contributed by atoms with Crippen LogP contribution in [0.2, 0.25) is 0 Å². The summed E-state index contributed by atoms with van der Waals surface area (Å²) in [4.78, 5) is 12.5. The minimum Gasteiger partial charge on any atom is -0.398 e. The Hall–Kier alpha value is -3.81. The maximum absolute atomic E-state index is 14.3. The van der Waals surface area contributed by atoms with Gasteiger partial charge in [0.05, 0.1) is 17.1 Å². The average Bonchev–Trinajstić information content (AvgIpc) is 3.01. The number of aryl methyl sites for hydroxylation is 2. The molecule has 0 atom stereocenters. The number of amides is 1. The zero-order chi connectivity index (χ0) is 21.1. The van der Waals surface area contributed by atoms with E-state index < -0.39 is 11.7 Å². The molecule has 0 unspecified atom stereocenters. The number of hydrogen-bond donors (Lipinski definition) is 3. The number of anilines is 2. The molecular formula is C21H18F2N4O2. The molecule has 3 aromatic rings. The molecule has 8 heteroatoms. The summed E-state index contributed by atoms with van der Waals surface area (Å²) in [6, 6.07) is 8.05. The van der Waals surface area contributed by atoms with Crippen LogP contribution >= 0.6 is 0 Å². The van der Waals surface area contributed by atoms with E-state index in [2.05, 4.69) is 10.5 Å². The van der Waals surface area contributed by atoms with Crippen LogP contribution in [0.5, 0.6) is 0 Å². The number of nitrogens with zero attached hydrogens (tertiary/aromatic N) is 1. The molecule has 0 fully saturated rings. The normalized spacial score (nSPS) is 11.0. The second kappa shape index (κ2) is 8.05. The van der Waals surface area contributed by atoms with Crippen LogP contribution in [0.1, 0.15) is 32.9 Å². The van der Waals surface area contributed by atoms with Crippen LogP contribution in [-0.4, -0.2) is 16.8 Å². The fourth-order valence-corrected chi connectivity index (χ4v) is 2.75. The van der Waals surface area contributed by atoms with Gasteiger partial charge in [0.2, 0.25) is 0 Å². The van der Waals surface area contributed by atoms with Crippen LogP contribution in [0, 0.1) is 30.9 Å². The van der Waals surface area contributed by atoms with Crippen LogP contribution in [0.3, 0.4) is 0 Å². The summed E-state index contributed by atoms with van der Waals surface area (Å²) in [5.41, 5.74) is 7.29. The summed E-state index contributed by atoms with van der Waals surface area (Å²) in [5, 5.41) is 14.4. The molecule has 0 bridgehead atoms. The Morgan fingerprint density at radius 1 is 1.21 bits per heavy atom. The van der Waals surface area contributed by atoms with E-state index in [4.69, 9.17) is 15.7 Å². The monoisotopic (exact) mass is 396 g/mol. The van der Waals surface area contributed by atoms with E-state index >= 15 is 0 Å². The predicted molar refractivity (Wildman–Crippen MR) is 107 cm³/mol. The lowest BCUT2D eigenvalue weighted by Crippen LogP contribution is -2.15. The van der Waals surface area contributed by atoms with Gasteiger partial charge in [-0.15, -0.1) is 0 Å². The number of rotatable bonds is 5. The fourth-order valence-electron chi connectivity index (χ4n) is 2.75. The molecule has 0 aliphatic rings. The molecule has 0 spiro atoms. The molecule has 1 aromatic heterocycles. The Morgan fingerprint density at radius 3 is 2.52 bits per heavy atom. The van der Waals surface area contributed by atoms with Crippen LogP contribution in [0.25, 0.3) is 6.08 Å². The maximum Gasteiger partial charge on any atom is 0.261 e. The quantitative estimate of drug-likeness (QED) is 0.437. The number of halogens is 2. The second-order valence-electron chi connectivity index (χ2n) is 6.37. The first-order chi connectivity index (χ1) is 13.8. The lowest BCUT2D eigenvalue weighted by molar-refractivity contribution is 0.102.